The number of nitrogens with zero attached hydrogens (tertiary/aromatic N) is 3. The highest BCUT2D eigenvalue weighted by molar-refractivity contribution is 5.80. The molecular weight excluding hydrogens is 454 g/mol. The van der Waals surface area contributed by atoms with Crippen LogP contribution in [0.25, 0.3) is 17.3 Å². The summed E-state index contributed by atoms with van der Waals surface area (Å²) in [5.74, 6) is 1.85. The van der Waals surface area contributed by atoms with Gasteiger partial charge in [-0.2, -0.15) is 0 Å². The molecule has 1 fully saturated rings. The van der Waals surface area contributed by atoms with Crippen LogP contribution in [0.2, 0.25) is 0 Å². The molecular formula is C28H29N5O3. The predicted octanol–water partition coefficient (Wildman–Crippen LogP) is 4.44. The maximum Gasteiger partial charge on any atom is 0.219 e. The molecule has 0 aliphatic carbocycles. The molecule has 5 rings (SSSR count). The fourth-order valence-electron chi connectivity index (χ4n) is 4.89. The Balaban J connectivity index is 1.43. The van der Waals surface area contributed by atoms with Gasteiger partial charge in [-0.3, -0.25) is 9.78 Å². The van der Waals surface area contributed by atoms with E-state index < -0.39 is 6.04 Å². The minimum atomic E-state index is -0.497. The number of methoxy groups -OCH3 is 1. The number of aldehydes is 1. The number of anilines is 2. The number of carbonyl (C=O) groups excluding carboxylic acids is 2. The number of benzene rings is 1. The van der Waals surface area contributed by atoms with Crippen molar-refractivity contribution < 1.29 is 14.3 Å². The Morgan fingerprint density at radius 3 is 2.64 bits per heavy atom. The first-order valence-corrected chi connectivity index (χ1v) is 12.1. The molecule has 0 saturated carbocycles. The zero-order chi connectivity index (χ0) is 25.1. The number of amides is 1. The SMILES string of the molecule is COc1cncc(-c2cc3c(c(Nc4ccc(C5CCN(C(C)=O)CC5)cc4)n2)C(C=O)NC=C3)c1. The van der Waals surface area contributed by atoms with Crippen molar-refractivity contribution in [3.63, 3.8) is 0 Å². The first-order chi connectivity index (χ1) is 17.6. The first kappa shape index (κ1) is 23.5. The lowest BCUT2D eigenvalue weighted by Crippen LogP contribution is -2.36. The summed E-state index contributed by atoms with van der Waals surface area (Å²) >= 11 is 0. The Hall–Kier alpha value is -4.20. The van der Waals surface area contributed by atoms with E-state index in [0.29, 0.717) is 17.5 Å². The molecule has 1 saturated heterocycles. The second-order valence-corrected chi connectivity index (χ2v) is 9.11. The minimum absolute atomic E-state index is 0.147. The largest absolute Gasteiger partial charge is 0.495 e. The molecule has 8 nitrogen and oxygen atoms in total. The lowest BCUT2D eigenvalue weighted by molar-refractivity contribution is -0.129. The number of likely N-dealkylation sites (tertiary alicyclic amines) is 1. The van der Waals surface area contributed by atoms with Gasteiger partial charge in [0, 0.05) is 43.0 Å². The van der Waals surface area contributed by atoms with Gasteiger partial charge in [-0.05, 0) is 66.4 Å². The molecule has 0 spiro atoms. The van der Waals surface area contributed by atoms with E-state index in [9.17, 15) is 9.59 Å². The van der Waals surface area contributed by atoms with Crippen LogP contribution >= 0.6 is 0 Å². The molecule has 1 atom stereocenters. The van der Waals surface area contributed by atoms with Crippen molar-refractivity contribution in [3.8, 4) is 17.0 Å². The molecule has 2 aliphatic heterocycles. The Bertz CT molecular complexity index is 1300. The van der Waals surface area contributed by atoms with Crippen molar-refractivity contribution in [3.05, 3.63) is 71.7 Å². The lowest BCUT2D eigenvalue weighted by Gasteiger charge is -2.31. The van der Waals surface area contributed by atoms with E-state index in [1.54, 1.807) is 32.6 Å². The van der Waals surface area contributed by atoms with Crippen molar-refractivity contribution in [2.45, 2.75) is 31.7 Å². The Morgan fingerprint density at radius 2 is 1.94 bits per heavy atom. The van der Waals surface area contributed by atoms with E-state index in [2.05, 4.69) is 27.8 Å². The van der Waals surface area contributed by atoms with Gasteiger partial charge in [0.25, 0.3) is 0 Å². The summed E-state index contributed by atoms with van der Waals surface area (Å²) in [7, 11) is 1.60. The molecule has 8 heteroatoms. The third kappa shape index (κ3) is 4.79. The highest BCUT2D eigenvalue weighted by Gasteiger charge is 2.24. The smallest absolute Gasteiger partial charge is 0.219 e. The summed E-state index contributed by atoms with van der Waals surface area (Å²) in [4.78, 5) is 34.5. The van der Waals surface area contributed by atoms with Crippen LogP contribution in [0.4, 0.5) is 11.5 Å². The summed E-state index contributed by atoms with van der Waals surface area (Å²) < 4.78 is 5.33. The molecule has 0 radical (unpaired) electrons. The van der Waals surface area contributed by atoms with Crippen molar-refractivity contribution in [1.29, 1.82) is 0 Å². The topological polar surface area (TPSA) is 96.4 Å². The minimum Gasteiger partial charge on any atom is -0.495 e. The second kappa shape index (κ2) is 10.2. The van der Waals surface area contributed by atoms with Gasteiger partial charge in [0.05, 0.1) is 19.0 Å². The summed E-state index contributed by atoms with van der Waals surface area (Å²) in [5, 5.41) is 6.54. The number of carbonyl (C=O) groups is 2. The zero-order valence-corrected chi connectivity index (χ0v) is 20.4. The maximum absolute atomic E-state index is 11.8. The molecule has 2 N–H and O–H groups in total. The molecule has 0 bridgehead atoms. The number of ether oxygens (including phenoxy) is 1. The van der Waals surface area contributed by atoms with Crippen LogP contribution in [-0.2, 0) is 9.59 Å². The summed E-state index contributed by atoms with van der Waals surface area (Å²) in [6, 6.07) is 11.7. The van der Waals surface area contributed by atoms with Gasteiger partial charge >= 0.3 is 0 Å². The summed E-state index contributed by atoms with van der Waals surface area (Å²) in [6.45, 7) is 3.24. The van der Waals surface area contributed by atoms with Crippen LogP contribution in [0.3, 0.4) is 0 Å². The number of nitrogens with one attached hydrogen (secondary N) is 2. The summed E-state index contributed by atoms with van der Waals surface area (Å²) in [5.41, 5.74) is 5.41. The first-order valence-electron chi connectivity index (χ1n) is 12.1. The van der Waals surface area contributed by atoms with Crippen LogP contribution in [0, 0.1) is 0 Å². The van der Waals surface area contributed by atoms with Crippen molar-refractivity contribution in [2.24, 2.45) is 0 Å². The van der Waals surface area contributed by atoms with E-state index in [1.807, 2.05) is 35.2 Å². The van der Waals surface area contributed by atoms with E-state index in [0.717, 1.165) is 60.3 Å². The summed E-state index contributed by atoms with van der Waals surface area (Å²) in [6.07, 6.45) is 9.95. The van der Waals surface area contributed by atoms with Crippen LogP contribution in [-0.4, -0.2) is 47.3 Å². The average Bonchev–Trinajstić information content (AvgIpc) is 2.93. The predicted molar refractivity (Wildman–Crippen MR) is 139 cm³/mol. The van der Waals surface area contributed by atoms with Gasteiger partial charge in [0.2, 0.25) is 5.91 Å². The highest BCUT2D eigenvalue weighted by atomic mass is 16.5. The van der Waals surface area contributed by atoms with Crippen LogP contribution < -0.4 is 15.4 Å². The normalized spacial score (nSPS) is 17.2. The average molecular weight is 484 g/mol. The Labute approximate surface area is 210 Å². The Morgan fingerprint density at radius 1 is 1.17 bits per heavy atom. The van der Waals surface area contributed by atoms with E-state index in [-0.39, 0.29) is 5.91 Å². The Kier molecular flexibility index (Phi) is 6.66. The third-order valence-corrected chi connectivity index (χ3v) is 6.91. The van der Waals surface area contributed by atoms with E-state index >= 15 is 0 Å². The van der Waals surface area contributed by atoms with Gasteiger partial charge in [-0.1, -0.05) is 12.1 Å². The quantitative estimate of drug-likeness (QED) is 0.501. The van der Waals surface area contributed by atoms with E-state index in [1.165, 1.54) is 5.56 Å². The fourth-order valence-corrected chi connectivity index (χ4v) is 4.89. The van der Waals surface area contributed by atoms with Gasteiger partial charge in [-0.15, -0.1) is 0 Å². The zero-order valence-electron chi connectivity index (χ0n) is 20.4. The molecule has 2 aliphatic rings. The van der Waals surface area contributed by atoms with Crippen LogP contribution in [0.15, 0.2) is 55.0 Å². The van der Waals surface area contributed by atoms with Crippen LogP contribution in [0.1, 0.15) is 48.4 Å². The van der Waals surface area contributed by atoms with Crippen molar-refractivity contribution in [1.82, 2.24) is 20.2 Å². The fraction of sp³-hybridized carbons (Fsp3) is 0.286. The van der Waals surface area contributed by atoms with Crippen molar-refractivity contribution >= 4 is 29.8 Å². The molecule has 3 aromatic rings. The number of piperidine rings is 1. The van der Waals surface area contributed by atoms with Crippen molar-refractivity contribution in [2.75, 3.05) is 25.5 Å². The number of fused-ring (bicyclic) bond motifs is 1. The van der Waals surface area contributed by atoms with Gasteiger partial charge in [0.1, 0.15) is 23.9 Å². The van der Waals surface area contributed by atoms with Crippen LogP contribution in [0.5, 0.6) is 5.75 Å². The third-order valence-electron chi connectivity index (χ3n) is 6.91. The molecule has 4 heterocycles. The van der Waals surface area contributed by atoms with E-state index in [4.69, 9.17) is 9.72 Å². The number of pyridine rings is 2. The molecule has 36 heavy (non-hydrogen) atoms. The second-order valence-electron chi connectivity index (χ2n) is 9.11. The number of aromatic nitrogens is 2. The lowest BCUT2D eigenvalue weighted by atomic mass is 9.89. The number of rotatable bonds is 6. The van der Waals surface area contributed by atoms with Gasteiger partial charge in [-0.25, -0.2) is 4.98 Å². The molecule has 1 amide bonds. The molecule has 1 aromatic carbocycles. The highest BCUT2D eigenvalue weighted by Crippen LogP contribution is 2.35. The standard InChI is InChI=1S/C28H29N5O3/c1-18(35)33-11-8-20(9-12-33)19-3-5-23(6-4-19)31-28-27-21(7-10-30-26(27)17-34)14-25(32-28)22-13-24(36-2)16-29-15-22/h3-7,10,13-17,20,26,30H,8-9,11-12H2,1-2H3,(H,31,32). The van der Waals surface area contributed by atoms with Gasteiger partial charge in [0.15, 0.2) is 0 Å². The number of hydrogen-bond acceptors (Lipinski definition) is 7. The monoisotopic (exact) mass is 483 g/mol. The molecule has 1 unspecified atom stereocenters. The van der Waals surface area contributed by atoms with Gasteiger partial charge < -0.3 is 25.1 Å². The molecule has 184 valence electrons. The maximum atomic E-state index is 11.8. The number of hydrogen-bond donors (Lipinski definition) is 2. The molecule has 2 aromatic heterocycles.